The number of nitrogens with two attached hydrogens (primary N) is 2. The summed E-state index contributed by atoms with van der Waals surface area (Å²) in [4.78, 5) is 24.2. The highest BCUT2D eigenvalue weighted by Gasteiger charge is 2.09. The summed E-state index contributed by atoms with van der Waals surface area (Å²) in [6.07, 6.45) is 0. The molecule has 0 aliphatic rings. The van der Waals surface area contributed by atoms with E-state index in [-0.39, 0.29) is 12.5 Å². The summed E-state index contributed by atoms with van der Waals surface area (Å²) in [5, 5.41) is 0. The quantitative estimate of drug-likeness (QED) is 0.662. The zero-order chi connectivity index (χ0) is 14.3. The van der Waals surface area contributed by atoms with Gasteiger partial charge in [0, 0.05) is 25.7 Å². The smallest absolute Gasteiger partial charge is 0.248 e. The summed E-state index contributed by atoms with van der Waals surface area (Å²) in [7, 11) is 1.69. The van der Waals surface area contributed by atoms with Crippen molar-refractivity contribution in [2.75, 3.05) is 26.8 Å². The number of likely N-dealkylation sites (N-methyl/N-ethyl adjacent to an activating group) is 1. The molecule has 2 amide bonds. The summed E-state index contributed by atoms with van der Waals surface area (Å²) in [6.45, 7) is 1.23. The highest BCUT2D eigenvalue weighted by Crippen LogP contribution is 2.06. The van der Waals surface area contributed by atoms with Gasteiger partial charge in [-0.2, -0.15) is 0 Å². The van der Waals surface area contributed by atoms with Gasteiger partial charge in [0.1, 0.15) is 6.61 Å². The molecular weight excluding hydrogens is 246 g/mol. The van der Waals surface area contributed by atoms with Crippen molar-refractivity contribution >= 4 is 11.8 Å². The Kier molecular flexibility index (Phi) is 5.98. The van der Waals surface area contributed by atoms with Crippen molar-refractivity contribution in [1.82, 2.24) is 4.90 Å². The van der Waals surface area contributed by atoms with Gasteiger partial charge < -0.3 is 21.1 Å². The summed E-state index contributed by atoms with van der Waals surface area (Å²) in [5.41, 5.74) is 11.8. The van der Waals surface area contributed by atoms with E-state index in [1.165, 1.54) is 0 Å². The molecule has 4 N–H and O–H groups in total. The van der Waals surface area contributed by atoms with Gasteiger partial charge in [0.15, 0.2) is 0 Å². The van der Waals surface area contributed by atoms with Gasteiger partial charge in [0.05, 0.1) is 6.61 Å². The van der Waals surface area contributed by atoms with Crippen LogP contribution >= 0.6 is 0 Å². The molecule has 0 fully saturated rings. The van der Waals surface area contributed by atoms with Crippen LogP contribution in [-0.4, -0.2) is 43.5 Å². The number of hydrogen-bond acceptors (Lipinski definition) is 4. The van der Waals surface area contributed by atoms with Crippen LogP contribution in [0.1, 0.15) is 15.9 Å². The van der Waals surface area contributed by atoms with Crippen molar-refractivity contribution in [2.45, 2.75) is 6.54 Å². The summed E-state index contributed by atoms with van der Waals surface area (Å²) >= 11 is 0. The predicted molar refractivity (Wildman–Crippen MR) is 71.3 cm³/mol. The maximum Gasteiger partial charge on any atom is 0.248 e. The van der Waals surface area contributed by atoms with E-state index in [4.69, 9.17) is 16.2 Å². The van der Waals surface area contributed by atoms with Crippen molar-refractivity contribution < 1.29 is 14.3 Å². The van der Waals surface area contributed by atoms with Crippen LogP contribution in [0.15, 0.2) is 24.3 Å². The molecule has 0 saturated carbocycles. The minimum absolute atomic E-state index is 0.0209. The number of amides is 2. The Hall–Kier alpha value is -1.92. The lowest BCUT2D eigenvalue weighted by atomic mass is 10.1. The van der Waals surface area contributed by atoms with E-state index in [2.05, 4.69) is 0 Å². The van der Waals surface area contributed by atoms with Crippen LogP contribution in [0.25, 0.3) is 0 Å². The Morgan fingerprint density at radius 3 is 2.42 bits per heavy atom. The fraction of sp³-hybridized carbons (Fsp3) is 0.385. The largest absolute Gasteiger partial charge is 0.370 e. The van der Waals surface area contributed by atoms with Crippen molar-refractivity contribution in [2.24, 2.45) is 11.5 Å². The van der Waals surface area contributed by atoms with Gasteiger partial charge in [-0.1, -0.05) is 12.1 Å². The fourth-order valence-corrected chi connectivity index (χ4v) is 1.49. The van der Waals surface area contributed by atoms with Gasteiger partial charge in [-0.3, -0.25) is 9.59 Å². The zero-order valence-electron chi connectivity index (χ0n) is 11.0. The van der Waals surface area contributed by atoms with Gasteiger partial charge in [-0.25, -0.2) is 0 Å². The number of carbonyl (C=O) groups excluding carboxylic acids is 2. The van der Waals surface area contributed by atoms with Crippen LogP contribution in [0.2, 0.25) is 0 Å². The molecule has 0 aliphatic carbocycles. The first-order chi connectivity index (χ1) is 9.04. The van der Waals surface area contributed by atoms with Crippen molar-refractivity contribution in [1.29, 1.82) is 0 Å². The molecule has 0 saturated heterocycles. The molecule has 0 aliphatic heterocycles. The number of nitrogens with zero attached hydrogens (tertiary/aromatic N) is 1. The van der Waals surface area contributed by atoms with Crippen LogP contribution in [-0.2, 0) is 16.1 Å². The van der Waals surface area contributed by atoms with Crippen molar-refractivity contribution in [3.63, 3.8) is 0 Å². The second-order valence-electron chi connectivity index (χ2n) is 4.15. The molecule has 0 heterocycles. The van der Waals surface area contributed by atoms with Gasteiger partial charge in [0.25, 0.3) is 0 Å². The Labute approximate surface area is 112 Å². The van der Waals surface area contributed by atoms with Crippen LogP contribution in [0.5, 0.6) is 0 Å². The highest BCUT2D eigenvalue weighted by molar-refractivity contribution is 5.92. The maximum atomic E-state index is 11.7. The van der Waals surface area contributed by atoms with Crippen LogP contribution < -0.4 is 11.5 Å². The Morgan fingerprint density at radius 2 is 1.89 bits per heavy atom. The maximum absolute atomic E-state index is 11.7. The molecule has 0 unspecified atom stereocenters. The predicted octanol–water partition coefficient (Wildman–Crippen LogP) is -0.281. The second-order valence-corrected chi connectivity index (χ2v) is 4.15. The van der Waals surface area contributed by atoms with Gasteiger partial charge in [0.2, 0.25) is 11.8 Å². The van der Waals surface area contributed by atoms with E-state index in [0.717, 1.165) is 5.56 Å². The monoisotopic (exact) mass is 265 g/mol. The summed E-state index contributed by atoms with van der Waals surface area (Å²) in [5.74, 6) is -0.585. The number of hydrogen-bond donors (Lipinski definition) is 2. The number of carbonyl (C=O) groups is 2. The molecule has 6 nitrogen and oxygen atoms in total. The van der Waals surface area contributed by atoms with Gasteiger partial charge in [-0.05, 0) is 17.7 Å². The van der Waals surface area contributed by atoms with E-state index in [9.17, 15) is 9.59 Å². The molecule has 1 rings (SSSR count). The first kappa shape index (κ1) is 15.1. The normalized spacial score (nSPS) is 10.2. The SMILES string of the molecule is CN(Cc1ccc(C(N)=O)cc1)C(=O)COCCN. The fourth-order valence-electron chi connectivity index (χ4n) is 1.49. The van der Waals surface area contributed by atoms with E-state index >= 15 is 0 Å². The minimum Gasteiger partial charge on any atom is -0.370 e. The average Bonchev–Trinajstić information content (AvgIpc) is 2.39. The Bertz CT molecular complexity index is 431. The highest BCUT2D eigenvalue weighted by atomic mass is 16.5. The zero-order valence-corrected chi connectivity index (χ0v) is 11.0. The average molecular weight is 265 g/mol. The number of primary amides is 1. The number of ether oxygens (including phenoxy) is 1. The Balaban J connectivity index is 2.49. The molecule has 0 aromatic heterocycles. The molecule has 0 spiro atoms. The van der Waals surface area contributed by atoms with E-state index in [1.807, 2.05) is 0 Å². The van der Waals surface area contributed by atoms with Crippen LogP contribution in [0.4, 0.5) is 0 Å². The molecule has 0 bridgehead atoms. The minimum atomic E-state index is -0.467. The number of rotatable bonds is 7. The van der Waals surface area contributed by atoms with E-state index in [0.29, 0.717) is 25.3 Å². The summed E-state index contributed by atoms with van der Waals surface area (Å²) < 4.78 is 5.08. The third-order valence-electron chi connectivity index (χ3n) is 2.57. The van der Waals surface area contributed by atoms with Gasteiger partial charge >= 0.3 is 0 Å². The van der Waals surface area contributed by atoms with E-state index in [1.54, 1.807) is 36.2 Å². The Morgan fingerprint density at radius 1 is 1.26 bits per heavy atom. The van der Waals surface area contributed by atoms with Crippen LogP contribution in [0, 0.1) is 0 Å². The standard InChI is InChI=1S/C13H19N3O3/c1-16(12(17)9-19-7-6-14)8-10-2-4-11(5-3-10)13(15)18/h2-5H,6-9,14H2,1H3,(H2,15,18). The lowest BCUT2D eigenvalue weighted by Gasteiger charge is -2.17. The van der Waals surface area contributed by atoms with Gasteiger partial charge in [-0.15, -0.1) is 0 Å². The topological polar surface area (TPSA) is 98.6 Å². The van der Waals surface area contributed by atoms with E-state index < -0.39 is 5.91 Å². The van der Waals surface area contributed by atoms with Crippen molar-refractivity contribution in [3.8, 4) is 0 Å². The second kappa shape index (κ2) is 7.50. The lowest BCUT2D eigenvalue weighted by molar-refractivity contribution is -0.135. The molecule has 6 heteroatoms. The molecule has 19 heavy (non-hydrogen) atoms. The number of benzene rings is 1. The first-order valence-electron chi connectivity index (χ1n) is 5.95. The molecular formula is C13H19N3O3. The molecule has 0 radical (unpaired) electrons. The molecule has 104 valence electrons. The molecule has 1 aromatic carbocycles. The molecule has 0 atom stereocenters. The van der Waals surface area contributed by atoms with Crippen LogP contribution in [0.3, 0.4) is 0 Å². The molecule has 1 aromatic rings. The summed E-state index contributed by atoms with van der Waals surface area (Å²) in [6, 6.07) is 6.82. The first-order valence-corrected chi connectivity index (χ1v) is 5.95. The van der Waals surface area contributed by atoms with Crippen molar-refractivity contribution in [3.05, 3.63) is 35.4 Å². The third kappa shape index (κ3) is 5.07. The lowest BCUT2D eigenvalue weighted by Crippen LogP contribution is -2.30. The third-order valence-corrected chi connectivity index (χ3v) is 2.57.